The molecule has 0 saturated carbocycles. The smallest absolute Gasteiger partial charge is 0.147 e. The summed E-state index contributed by atoms with van der Waals surface area (Å²) in [7, 11) is 0. The van der Waals surface area contributed by atoms with Crippen molar-refractivity contribution < 1.29 is 9.59 Å². The van der Waals surface area contributed by atoms with Crippen LogP contribution in [0.4, 0.5) is 0 Å². The SMILES string of the molecule is CCCCCCCCCCCC(C(=O)CC(C)=O)c1ccccc1. The molecule has 0 bridgehead atoms. The topological polar surface area (TPSA) is 34.1 Å². The summed E-state index contributed by atoms with van der Waals surface area (Å²) in [5.41, 5.74) is 1.06. The highest BCUT2D eigenvalue weighted by Crippen LogP contribution is 2.25. The van der Waals surface area contributed by atoms with E-state index in [9.17, 15) is 9.59 Å². The maximum absolute atomic E-state index is 12.4. The molecule has 0 aliphatic heterocycles. The molecule has 0 heterocycles. The van der Waals surface area contributed by atoms with Crippen molar-refractivity contribution in [2.45, 2.75) is 90.4 Å². The molecule has 0 aliphatic carbocycles. The van der Waals surface area contributed by atoms with Crippen LogP contribution in [0.25, 0.3) is 0 Å². The fraction of sp³-hybridized carbons (Fsp3) is 0.636. The molecule has 134 valence electrons. The lowest BCUT2D eigenvalue weighted by atomic mass is 9.87. The lowest BCUT2D eigenvalue weighted by Gasteiger charge is -2.15. The zero-order valence-corrected chi connectivity index (χ0v) is 15.6. The van der Waals surface area contributed by atoms with Crippen molar-refractivity contribution in [1.82, 2.24) is 0 Å². The minimum Gasteiger partial charge on any atom is -0.300 e. The molecule has 1 aromatic rings. The van der Waals surface area contributed by atoms with Gasteiger partial charge in [-0.25, -0.2) is 0 Å². The van der Waals surface area contributed by atoms with Crippen LogP contribution in [-0.2, 0) is 9.59 Å². The number of hydrogen-bond donors (Lipinski definition) is 0. The molecule has 0 saturated heterocycles. The number of benzene rings is 1. The molecule has 0 spiro atoms. The molecule has 0 radical (unpaired) electrons. The molecular formula is C22H34O2. The molecule has 0 fully saturated rings. The van der Waals surface area contributed by atoms with E-state index in [4.69, 9.17) is 0 Å². The zero-order valence-electron chi connectivity index (χ0n) is 15.6. The second-order valence-corrected chi connectivity index (χ2v) is 6.93. The Labute approximate surface area is 148 Å². The predicted molar refractivity (Wildman–Crippen MR) is 101 cm³/mol. The Hall–Kier alpha value is -1.44. The minimum atomic E-state index is -0.111. The number of unbranched alkanes of at least 4 members (excludes halogenated alkanes) is 8. The maximum atomic E-state index is 12.4. The van der Waals surface area contributed by atoms with Crippen LogP contribution in [0.15, 0.2) is 30.3 Å². The van der Waals surface area contributed by atoms with Gasteiger partial charge in [-0.1, -0.05) is 95.0 Å². The molecular weight excluding hydrogens is 296 g/mol. The van der Waals surface area contributed by atoms with Crippen LogP contribution >= 0.6 is 0 Å². The lowest BCUT2D eigenvalue weighted by Crippen LogP contribution is -2.15. The van der Waals surface area contributed by atoms with E-state index in [1.807, 2.05) is 30.3 Å². The van der Waals surface area contributed by atoms with Gasteiger partial charge < -0.3 is 0 Å². The molecule has 1 atom stereocenters. The Kier molecular flexibility index (Phi) is 11.1. The first-order valence-electron chi connectivity index (χ1n) is 9.72. The molecule has 1 unspecified atom stereocenters. The summed E-state index contributed by atoms with van der Waals surface area (Å²) in [4.78, 5) is 23.7. The fourth-order valence-electron chi connectivity index (χ4n) is 3.23. The van der Waals surface area contributed by atoms with Gasteiger partial charge in [-0.2, -0.15) is 0 Å². The van der Waals surface area contributed by atoms with Crippen molar-refractivity contribution in [2.75, 3.05) is 0 Å². The van der Waals surface area contributed by atoms with Gasteiger partial charge in [-0.05, 0) is 18.9 Å². The van der Waals surface area contributed by atoms with E-state index < -0.39 is 0 Å². The Morgan fingerprint density at radius 1 is 0.833 bits per heavy atom. The molecule has 0 amide bonds. The first-order valence-corrected chi connectivity index (χ1v) is 9.72. The van der Waals surface area contributed by atoms with Gasteiger partial charge in [0, 0.05) is 5.92 Å². The van der Waals surface area contributed by atoms with Gasteiger partial charge in [0.25, 0.3) is 0 Å². The molecule has 1 rings (SSSR count). The summed E-state index contributed by atoms with van der Waals surface area (Å²) in [6.45, 7) is 3.75. The van der Waals surface area contributed by atoms with Crippen LogP contribution in [0, 0.1) is 0 Å². The Bertz CT molecular complexity index is 464. The summed E-state index contributed by atoms with van der Waals surface area (Å²) in [5, 5.41) is 0. The summed E-state index contributed by atoms with van der Waals surface area (Å²) in [6, 6.07) is 9.93. The maximum Gasteiger partial charge on any atom is 0.147 e. The van der Waals surface area contributed by atoms with Crippen LogP contribution in [-0.4, -0.2) is 11.6 Å². The summed E-state index contributed by atoms with van der Waals surface area (Å²) in [6.07, 6.45) is 12.5. The zero-order chi connectivity index (χ0) is 17.6. The third-order valence-corrected chi connectivity index (χ3v) is 4.61. The van der Waals surface area contributed by atoms with Crippen LogP contribution < -0.4 is 0 Å². The van der Waals surface area contributed by atoms with E-state index >= 15 is 0 Å². The summed E-state index contributed by atoms with van der Waals surface area (Å²) in [5.74, 6) is -0.0686. The molecule has 0 aromatic heterocycles. The van der Waals surface area contributed by atoms with Crippen molar-refractivity contribution in [3.05, 3.63) is 35.9 Å². The van der Waals surface area contributed by atoms with Gasteiger partial charge in [0.1, 0.15) is 11.6 Å². The van der Waals surface area contributed by atoms with Gasteiger partial charge in [-0.3, -0.25) is 9.59 Å². The summed E-state index contributed by atoms with van der Waals surface area (Å²) < 4.78 is 0. The van der Waals surface area contributed by atoms with E-state index in [1.165, 1.54) is 58.3 Å². The molecule has 2 nitrogen and oxygen atoms in total. The Balaban J connectivity index is 2.33. The van der Waals surface area contributed by atoms with Gasteiger partial charge >= 0.3 is 0 Å². The van der Waals surface area contributed by atoms with Crippen molar-refractivity contribution in [2.24, 2.45) is 0 Å². The third-order valence-electron chi connectivity index (χ3n) is 4.61. The number of ketones is 2. The van der Waals surface area contributed by atoms with Crippen LogP contribution in [0.3, 0.4) is 0 Å². The number of carbonyl (C=O) groups excluding carboxylic acids is 2. The van der Waals surface area contributed by atoms with Crippen LogP contribution in [0.2, 0.25) is 0 Å². The van der Waals surface area contributed by atoms with E-state index in [0.29, 0.717) is 0 Å². The molecule has 2 heteroatoms. The highest BCUT2D eigenvalue weighted by atomic mass is 16.1. The number of carbonyl (C=O) groups is 2. The Morgan fingerprint density at radius 3 is 1.92 bits per heavy atom. The Morgan fingerprint density at radius 2 is 1.38 bits per heavy atom. The van der Waals surface area contributed by atoms with Gasteiger partial charge in [-0.15, -0.1) is 0 Å². The van der Waals surface area contributed by atoms with E-state index in [0.717, 1.165) is 18.4 Å². The minimum absolute atomic E-state index is 0.0342. The highest BCUT2D eigenvalue weighted by molar-refractivity contribution is 6.01. The molecule has 24 heavy (non-hydrogen) atoms. The van der Waals surface area contributed by atoms with Gasteiger partial charge in [0.05, 0.1) is 6.42 Å². The van der Waals surface area contributed by atoms with E-state index in [2.05, 4.69) is 6.92 Å². The molecule has 1 aromatic carbocycles. The largest absolute Gasteiger partial charge is 0.300 e. The van der Waals surface area contributed by atoms with Crippen molar-refractivity contribution >= 4 is 11.6 Å². The van der Waals surface area contributed by atoms with Crippen molar-refractivity contribution in [3.63, 3.8) is 0 Å². The van der Waals surface area contributed by atoms with E-state index in [-0.39, 0.29) is 23.9 Å². The average molecular weight is 331 g/mol. The second kappa shape index (κ2) is 12.9. The van der Waals surface area contributed by atoms with Gasteiger partial charge in [0.15, 0.2) is 0 Å². The van der Waals surface area contributed by atoms with E-state index in [1.54, 1.807) is 0 Å². The number of hydrogen-bond acceptors (Lipinski definition) is 2. The fourth-order valence-corrected chi connectivity index (χ4v) is 3.23. The van der Waals surface area contributed by atoms with Gasteiger partial charge in [0.2, 0.25) is 0 Å². The first-order chi connectivity index (χ1) is 11.6. The summed E-state index contributed by atoms with van der Waals surface area (Å²) >= 11 is 0. The average Bonchev–Trinajstić information content (AvgIpc) is 2.56. The van der Waals surface area contributed by atoms with Crippen molar-refractivity contribution in [1.29, 1.82) is 0 Å². The molecule has 0 aliphatic rings. The quantitative estimate of drug-likeness (QED) is 0.299. The second-order valence-electron chi connectivity index (χ2n) is 6.93. The number of rotatable bonds is 14. The molecule has 0 N–H and O–H groups in total. The highest BCUT2D eigenvalue weighted by Gasteiger charge is 2.20. The third kappa shape index (κ3) is 9.00. The lowest BCUT2D eigenvalue weighted by molar-refractivity contribution is -0.126. The van der Waals surface area contributed by atoms with Crippen molar-refractivity contribution in [3.8, 4) is 0 Å². The predicted octanol–water partition coefficient (Wildman–Crippen LogP) is 6.24. The van der Waals surface area contributed by atoms with Crippen LogP contribution in [0.5, 0.6) is 0 Å². The first kappa shape index (κ1) is 20.6. The number of Topliss-reactive ketones (excluding diaryl/α,β-unsaturated/α-hetero) is 2. The van der Waals surface area contributed by atoms with Crippen LogP contribution in [0.1, 0.15) is 96.0 Å². The standard InChI is InChI=1S/C22H34O2/c1-3-4-5-6-7-8-9-10-14-17-21(22(24)18-19(2)23)20-15-12-11-13-16-20/h11-13,15-16,21H,3-10,14,17-18H2,1-2H3. The normalized spacial score (nSPS) is 12.1. The monoisotopic (exact) mass is 330 g/mol.